The van der Waals surface area contributed by atoms with Crippen LogP contribution < -0.4 is 4.74 Å². The lowest BCUT2D eigenvalue weighted by Gasteiger charge is -2.09. The maximum absolute atomic E-state index is 8.78. The predicted octanol–water partition coefficient (Wildman–Crippen LogP) is 3.12. The molecule has 1 aromatic rings. The van der Waals surface area contributed by atoms with Crippen molar-refractivity contribution in [1.82, 2.24) is 0 Å². The van der Waals surface area contributed by atoms with Crippen LogP contribution in [0, 0.1) is 11.3 Å². The molecule has 0 aliphatic carbocycles. The second-order valence-electron chi connectivity index (χ2n) is 3.56. The minimum absolute atomic E-state index is 0.209. The van der Waals surface area contributed by atoms with E-state index in [2.05, 4.69) is 22.0 Å². The van der Waals surface area contributed by atoms with Gasteiger partial charge in [0, 0.05) is 4.47 Å². The van der Waals surface area contributed by atoms with E-state index in [0.29, 0.717) is 24.5 Å². The van der Waals surface area contributed by atoms with Gasteiger partial charge >= 0.3 is 0 Å². The van der Waals surface area contributed by atoms with Crippen LogP contribution in [0.3, 0.4) is 0 Å². The molecule has 0 saturated carbocycles. The van der Waals surface area contributed by atoms with Crippen molar-refractivity contribution >= 4 is 15.9 Å². The number of nitrogens with zero attached hydrogens (tertiary/aromatic N) is 1. The van der Waals surface area contributed by atoms with E-state index in [1.54, 1.807) is 12.1 Å². The first-order valence-electron chi connectivity index (χ1n) is 5.07. The van der Waals surface area contributed by atoms with Crippen molar-refractivity contribution in [2.24, 2.45) is 0 Å². The molecule has 0 fully saturated rings. The van der Waals surface area contributed by atoms with E-state index in [0.717, 1.165) is 4.47 Å². The van der Waals surface area contributed by atoms with Crippen LogP contribution in [0.25, 0.3) is 0 Å². The highest BCUT2D eigenvalue weighted by molar-refractivity contribution is 9.10. The van der Waals surface area contributed by atoms with Gasteiger partial charge < -0.3 is 9.47 Å². The molecule has 0 radical (unpaired) electrons. The minimum Gasteiger partial charge on any atom is -0.491 e. The molecule has 1 rings (SSSR count). The monoisotopic (exact) mass is 283 g/mol. The molecule has 0 unspecified atom stereocenters. The van der Waals surface area contributed by atoms with Gasteiger partial charge in [-0.1, -0.05) is 15.9 Å². The van der Waals surface area contributed by atoms with Gasteiger partial charge in [0.25, 0.3) is 0 Å². The fourth-order valence-corrected chi connectivity index (χ4v) is 1.63. The van der Waals surface area contributed by atoms with Gasteiger partial charge in [0.15, 0.2) is 0 Å². The van der Waals surface area contributed by atoms with Crippen molar-refractivity contribution < 1.29 is 9.47 Å². The molecule has 86 valence electrons. The SMILES string of the molecule is CC(C)OCCOc1cc(Br)cc(C#N)c1. The fraction of sp³-hybridized carbons (Fsp3) is 0.417. The second kappa shape index (κ2) is 6.51. The van der Waals surface area contributed by atoms with Crippen molar-refractivity contribution in [1.29, 1.82) is 5.26 Å². The second-order valence-corrected chi connectivity index (χ2v) is 4.47. The van der Waals surface area contributed by atoms with E-state index in [9.17, 15) is 0 Å². The summed E-state index contributed by atoms with van der Waals surface area (Å²) in [5.41, 5.74) is 0.578. The first kappa shape index (κ1) is 13.0. The smallest absolute Gasteiger partial charge is 0.121 e. The first-order chi connectivity index (χ1) is 7.61. The van der Waals surface area contributed by atoms with Gasteiger partial charge in [-0.2, -0.15) is 5.26 Å². The number of rotatable bonds is 5. The highest BCUT2D eigenvalue weighted by atomic mass is 79.9. The summed E-state index contributed by atoms with van der Waals surface area (Å²) in [5, 5.41) is 8.78. The van der Waals surface area contributed by atoms with Gasteiger partial charge in [0.1, 0.15) is 12.4 Å². The third-order valence-electron chi connectivity index (χ3n) is 1.80. The Morgan fingerprint density at radius 2 is 2.06 bits per heavy atom. The molecule has 0 aliphatic rings. The van der Waals surface area contributed by atoms with E-state index in [1.807, 2.05) is 19.9 Å². The normalized spacial score (nSPS) is 10.2. The molecule has 0 saturated heterocycles. The molecule has 4 heteroatoms. The molecule has 3 nitrogen and oxygen atoms in total. The summed E-state index contributed by atoms with van der Waals surface area (Å²) >= 11 is 3.32. The summed E-state index contributed by atoms with van der Waals surface area (Å²) in [6, 6.07) is 7.36. The van der Waals surface area contributed by atoms with E-state index < -0.39 is 0 Å². The van der Waals surface area contributed by atoms with E-state index in [-0.39, 0.29) is 6.10 Å². The highest BCUT2D eigenvalue weighted by Gasteiger charge is 2.00. The van der Waals surface area contributed by atoms with Crippen LogP contribution in [0.15, 0.2) is 22.7 Å². The van der Waals surface area contributed by atoms with Crippen LogP contribution in [0.1, 0.15) is 19.4 Å². The summed E-state index contributed by atoms with van der Waals surface area (Å²) in [4.78, 5) is 0. The number of ether oxygens (including phenoxy) is 2. The van der Waals surface area contributed by atoms with Gasteiger partial charge in [0.2, 0.25) is 0 Å². The Balaban J connectivity index is 2.48. The summed E-state index contributed by atoms with van der Waals surface area (Å²) in [6.07, 6.45) is 0.209. The maximum Gasteiger partial charge on any atom is 0.121 e. The Bertz CT molecular complexity index is 385. The van der Waals surface area contributed by atoms with Crippen LogP contribution in [-0.2, 0) is 4.74 Å². The fourth-order valence-electron chi connectivity index (χ4n) is 1.15. The molecule has 0 heterocycles. The number of hydrogen-bond donors (Lipinski definition) is 0. The van der Waals surface area contributed by atoms with E-state index in [4.69, 9.17) is 14.7 Å². The standard InChI is InChI=1S/C12H14BrNO2/c1-9(2)15-3-4-16-12-6-10(8-14)5-11(13)7-12/h5-7,9H,3-4H2,1-2H3. The van der Waals surface area contributed by atoms with Crippen molar-refractivity contribution in [3.63, 3.8) is 0 Å². The lowest BCUT2D eigenvalue weighted by atomic mass is 10.2. The summed E-state index contributed by atoms with van der Waals surface area (Å²) < 4.78 is 11.7. The largest absolute Gasteiger partial charge is 0.491 e. The molecule has 0 N–H and O–H groups in total. The molecule has 1 aromatic carbocycles. The molecule has 0 spiro atoms. The molecule has 0 aliphatic heterocycles. The number of halogens is 1. The van der Waals surface area contributed by atoms with Crippen molar-refractivity contribution in [2.45, 2.75) is 20.0 Å². The van der Waals surface area contributed by atoms with Crippen LogP contribution in [0.2, 0.25) is 0 Å². The van der Waals surface area contributed by atoms with Gasteiger partial charge in [0.05, 0.1) is 24.3 Å². The van der Waals surface area contributed by atoms with E-state index in [1.165, 1.54) is 0 Å². The van der Waals surface area contributed by atoms with Crippen LogP contribution in [0.5, 0.6) is 5.75 Å². The third kappa shape index (κ3) is 4.65. The maximum atomic E-state index is 8.78. The predicted molar refractivity (Wildman–Crippen MR) is 65.4 cm³/mol. The Kier molecular flexibility index (Phi) is 5.30. The summed E-state index contributed by atoms with van der Waals surface area (Å²) in [5.74, 6) is 0.679. The molecule has 0 atom stereocenters. The van der Waals surface area contributed by atoms with Gasteiger partial charge in [-0.25, -0.2) is 0 Å². The minimum atomic E-state index is 0.209. The Labute approximate surface area is 104 Å². The highest BCUT2D eigenvalue weighted by Crippen LogP contribution is 2.20. The Hall–Kier alpha value is -1.05. The van der Waals surface area contributed by atoms with Gasteiger partial charge in [-0.15, -0.1) is 0 Å². The summed E-state index contributed by atoms with van der Waals surface area (Å²) in [6.45, 7) is 4.99. The Morgan fingerprint density at radius 1 is 1.31 bits per heavy atom. The van der Waals surface area contributed by atoms with Gasteiger partial charge in [-0.05, 0) is 32.0 Å². The molecule has 16 heavy (non-hydrogen) atoms. The molecule has 0 amide bonds. The van der Waals surface area contributed by atoms with Crippen molar-refractivity contribution in [3.8, 4) is 11.8 Å². The molecular weight excluding hydrogens is 270 g/mol. The zero-order valence-electron chi connectivity index (χ0n) is 9.37. The zero-order chi connectivity index (χ0) is 12.0. The topological polar surface area (TPSA) is 42.2 Å². The van der Waals surface area contributed by atoms with Gasteiger partial charge in [-0.3, -0.25) is 0 Å². The third-order valence-corrected chi connectivity index (χ3v) is 2.26. The molecular formula is C12H14BrNO2. The average Bonchev–Trinajstić information content (AvgIpc) is 2.23. The van der Waals surface area contributed by atoms with Crippen LogP contribution in [0.4, 0.5) is 0 Å². The van der Waals surface area contributed by atoms with Crippen molar-refractivity contribution in [2.75, 3.05) is 13.2 Å². The number of nitriles is 1. The molecule has 0 aromatic heterocycles. The number of benzene rings is 1. The number of hydrogen-bond acceptors (Lipinski definition) is 3. The molecule has 0 bridgehead atoms. The zero-order valence-corrected chi connectivity index (χ0v) is 11.0. The van der Waals surface area contributed by atoms with Crippen LogP contribution in [-0.4, -0.2) is 19.3 Å². The quantitative estimate of drug-likeness (QED) is 0.780. The first-order valence-corrected chi connectivity index (χ1v) is 5.86. The van der Waals surface area contributed by atoms with Crippen LogP contribution >= 0.6 is 15.9 Å². The summed E-state index contributed by atoms with van der Waals surface area (Å²) in [7, 11) is 0. The lowest BCUT2D eigenvalue weighted by Crippen LogP contribution is -2.11. The van der Waals surface area contributed by atoms with Crippen molar-refractivity contribution in [3.05, 3.63) is 28.2 Å². The average molecular weight is 284 g/mol. The Morgan fingerprint density at radius 3 is 2.69 bits per heavy atom. The lowest BCUT2D eigenvalue weighted by molar-refractivity contribution is 0.0552. The van der Waals surface area contributed by atoms with E-state index >= 15 is 0 Å².